The first kappa shape index (κ1) is 16.4. The van der Waals surface area contributed by atoms with Crippen molar-refractivity contribution in [1.82, 2.24) is 4.98 Å². The topological polar surface area (TPSA) is 54.0 Å². The van der Waals surface area contributed by atoms with Crippen LogP contribution in [0.25, 0.3) is 0 Å². The number of nitrogens with zero attached hydrogens (tertiary/aromatic N) is 1. The maximum atomic E-state index is 12.6. The lowest BCUT2D eigenvalue weighted by Crippen LogP contribution is -2.20. The van der Waals surface area contributed by atoms with Crippen molar-refractivity contribution < 1.29 is 18.0 Å². The Kier molecular flexibility index (Phi) is 4.77. The fourth-order valence-electron chi connectivity index (χ4n) is 1.55. The van der Waals surface area contributed by atoms with Gasteiger partial charge in [0.1, 0.15) is 0 Å². The van der Waals surface area contributed by atoms with Crippen LogP contribution in [0.15, 0.2) is 36.5 Å². The second kappa shape index (κ2) is 6.41. The molecule has 2 amide bonds. The lowest BCUT2D eigenvalue weighted by molar-refractivity contribution is -0.137. The Morgan fingerprint density at radius 2 is 1.86 bits per heavy atom. The van der Waals surface area contributed by atoms with Crippen molar-refractivity contribution in [2.45, 2.75) is 6.18 Å². The van der Waals surface area contributed by atoms with Crippen LogP contribution >= 0.6 is 23.2 Å². The molecule has 1 aromatic heterocycles. The van der Waals surface area contributed by atoms with Crippen molar-refractivity contribution in [2.75, 3.05) is 10.6 Å². The Morgan fingerprint density at radius 1 is 1.14 bits per heavy atom. The van der Waals surface area contributed by atoms with Crippen molar-refractivity contribution in [1.29, 1.82) is 0 Å². The summed E-state index contributed by atoms with van der Waals surface area (Å²) in [6, 6.07) is 4.82. The number of alkyl halides is 3. The maximum Gasteiger partial charge on any atom is 0.416 e. The van der Waals surface area contributed by atoms with Gasteiger partial charge in [-0.25, -0.2) is 9.78 Å². The molecule has 9 heteroatoms. The van der Waals surface area contributed by atoms with E-state index in [2.05, 4.69) is 15.6 Å². The molecule has 1 aromatic carbocycles. The van der Waals surface area contributed by atoms with Gasteiger partial charge in [-0.15, -0.1) is 0 Å². The second-order valence-electron chi connectivity index (χ2n) is 4.14. The standard InChI is InChI=1S/C13H8Cl2F3N3O/c14-8-5-10(15)11(19-6-8)21-12(22)20-9-3-1-2-7(4-9)13(16,17)18/h1-6H,(H2,19,20,21,22). The Morgan fingerprint density at radius 3 is 2.50 bits per heavy atom. The smallest absolute Gasteiger partial charge is 0.308 e. The summed E-state index contributed by atoms with van der Waals surface area (Å²) in [4.78, 5) is 15.5. The largest absolute Gasteiger partial charge is 0.416 e. The van der Waals surface area contributed by atoms with Crippen LogP contribution in [0.5, 0.6) is 0 Å². The number of hydrogen-bond acceptors (Lipinski definition) is 2. The van der Waals surface area contributed by atoms with Crippen LogP contribution < -0.4 is 10.6 Å². The van der Waals surface area contributed by atoms with E-state index in [-0.39, 0.29) is 21.6 Å². The third kappa shape index (κ3) is 4.25. The Balaban J connectivity index is 2.09. The lowest BCUT2D eigenvalue weighted by Gasteiger charge is -2.11. The van der Waals surface area contributed by atoms with Gasteiger partial charge in [-0.05, 0) is 24.3 Å². The molecule has 0 saturated carbocycles. The fraction of sp³-hybridized carbons (Fsp3) is 0.0769. The highest BCUT2D eigenvalue weighted by Crippen LogP contribution is 2.30. The van der Waals surface area contributed by atoms with Gasteiger partial charge in [-0.3, -0.25) is 5.32 Å². The quantitative estimate of drug-likeness (QED) is 0.796. The van der Waals surface area contributed by atoms with Crippen LogP contribution in [0.1, 0.15) is 5.56 Å². The molecule has 0 bridgehead atoms. The summed E-state index contributed by atoms with van der Waals surface area (Å²) in [6.45, 7) is 0. The molecule has 116 valence electrons. The summed E-state index contributed by atoms with van der Waals surface area (Å²) in [6.07, 6.45) is -3.22. The Labute approximate surface area is 133 Å². The fourth-order valence-corrected chi connectivity index (χ4v) is 1.98. The van der Waals surface area contributed by atoms with E-state index in [9.17, 15) is 18.0 Å². The Bertz CT molecular complexity index is 707. The molecule has 0 atom stereocenters. The molecule has 0 saturated heterocycles. The number of aromatic nitrogens is 1. The second-order valence-corrected chi connectivity index (χ2v) is 4.99. The minimum atomic E-state index is -4.49. The number of pyridine rings is 1. The number of carbonyl (C=O) groups is 1. The first-order valence-electron chi connectivity index (χ1n) is 5.82. The summed E-state index contributed by atoms with van der Waals surface area (Å²) >= 11 is 11.5. The van der Waals surface area contributed by atoms with Gasteiger partial charge in [-0.1, -0.05) is 29.3 Å². The molecule has 0 aliphatic rings. The molecule has 0 spiro atoms. The van der Waals surface area contributed by atoms with Gasteiger partial charge in [0.05, 0.1) is 15.6 Å². The number of urea groups is 1. The zero-order valence-electron chi connectivity index (χ0n) is 10.7. The number of hydrogen-bond donors (Lipinski definition) is 2. The number of nitrogens with one attached hydrogen (secondary N) is 2. The molecule has 0 unspecified atom stereocenters. The zero-order chi connectivity index (χ0) is 16.3. The minimum Gasteiger partial charge on any atom is -0.308 e. The van der Waals surface area contributed by atoms with E-state index in [0.717, 1.165) is 12.1 Å². The van der Waals surface area contributed by atoms with Gasteiger partial charge in [-0.2, -0.15) is 13.2 Å². The molecule has 2 N–H and O–H groups in total. The average molecular weight is 350 g/mol. The molecular weight excluding hydrogens is 342 g/mol. The van der Waals surface area contributed by atoms with Crippen LogP contribution in [0.2, 0.25) is 10.0 Å². The highest BCUT2D eigenvalue weighted by Gasteiger charge is 2.30. The van der Waals surface area contributed by atoms with Crippen LogP contribution in [-0.4, -0.2) is 11.0 Å². The zero-order valence-corrected chi connectivity index (χ0v) is 12.2. The first-order valence-corrected chi connectivity index (χ1v) is 6.57. The molecule has 0 fully saturated rings. The van der Waals surface area contributed by atoms with Crippen LogP contribution in [0.3, 0.4) is 0 Å². The van der Waals surface area contributed by atoms with Gasteiger partial charge >= 0.3 is 12.2 Å². The van der Waals surface area contributed by atoms with Gasteiger partial charge in [0, 0.05) is 11.9 Å². The number of benzene rings is 1. The molecule has 0 aliphatic heterocycles. The summed E-state index contributed by atoms with van der Waals surface area (Å²) < 4.78 is 37.7. The molecule has 22 heavy (non-hydrogen) atoms. The Hall–Kier alpha value is -1.99. The highest BCUT2D eigenvalue weighted by molar-refractivity contribution is 6.36. The number of rotatable bonds is 2. The lowest BCUT2D eigenvalue weighted by atomic mass is 10.2. The van der Waals surface area contributed by atoms with Gasteiger partial charge < -0.3 is 5.32 Å². The average Bonchev–Trinajstić information content (AvgIpc) is 2.41. The van der Waals surface area contributed by atoms with Crippen LogP contribution in [0.4, 0.5) is 29.5 Å². The van der Waals surface area contributed by atoms with Gasteiger partial charge in [0.2, 0.25) is 0 Å². The van der Waals surface area contributed by atoms with Crippen LogP contribution in [-0.2, 0) is 6.18 Å². The minimum absolute atomic E-state index is 0.0163. The number of amides is 2. The number of halogens is 5. The van der Waals surface area contributed by atoms with Gasteiger partial charge in [0.15, 0.2) is 5.82 Å². The molecule has 0 radical (unpaired) electrons. The summed E-state index contributed by atoms with van der Waals surface area (Å²) in [5, 5.41) is 4.96. The summed E-state index contributed by atoms with van der Waals surface area (Å²) in [5.41, 5.74) is -0.884. The van der Waals surface area contributed by atoms with E-state index in [0.29, 0.717) is 0 Å². The summed E-state index contributed by atoms with van der Waals surface area (Å²) in [7, 11) is 0. The van der Waals surface area contributed by atoms with Crippen molar-refractivity contribution in [3.05, 3.63) is 52.1 Å². The summed E-state index contributed by atoms with van der Waals surface area (Å²) in [5.74, 6) is 0.0375. The third-order valence-electron chi connectivity index (χ3n) is 2.49. The van der Waals surface area contributed by atoms with E-state index in [1.807, 2.05) is 0 Å². The normalized spacial score (nSPS) is 11.1. The van der Waals surface area contributed by atoms with Crippen molar-refractivity contribution in [3.8, 4) is 0 Å². The van der Waals surface area contributed by atoms with Gasteiger partial charge in [0.25, 0.3) is 0 Å². The van der Waals surface area contributed by atoms with E-state index in [4.69, 9.17) is 23.2 Å². The van der Waals surface area contributed by atoms with E-state index < -0.39 is 17.8 Å². The highest BCUT2D eigenvalue weighted by atomic mass is 35.5. The third-order valence-corrected chi connectivity index (χ3v) is 2.98. The number of anilines is 2. The van der Waals surface area contributed by atoms with Crippen molar-refractivity contribution in [2.24, 2.45) is 0 Å². The molecular formula is C13H8Cl2F3N3O. The molecule has 4 nitrogen and oxygen atoms in total. The predicted molar refractivity (Wildman–Crippen MR) is 78.3 cm³/mol. The molecule has 2 rings (SSSR count). The van der Waals surface area contributed by atoms with E-state index in [1.54, 1.807) is 0 Å². The monoisotopic (exact) mass is 349 g/mol. The van der Waals surface area contributed by atoms with E-state index >= 15 is 0 Å². The SMILES string of the molecule is O=C(Nc1cccc(C(F)(F)F)c1)Nc1ncc(Cl)cc1Cl. The van der Waals surface area contributed by atoms with Crippen molar-refractivity contribution in [3.63, 3.8) is 0 Å². The molecule has 0 aliphatic carbocycles. The number of carbonyl (C=O) groups excluding carboxylic acids is 1. The molecule has 1 heterocycles. The van der Waals surface area contributed by atoms with E-state index in [1.165, 1.54) is 24.4 Å². The first-order chi connectivity index (χ1) is 10.3. The maximum absolute atomic E-state index is 12.6. The predicted octanol–water partition coefficient (Wildman–Crippen LogP) is 5.05. The molecule has 2 aromatic rings. The van der Waals surface area contributed by atoms with Crippen LogP contribution in [0, 0.1) is 0 Å². The van der Waals surface area contributed by atoms with Crippen molar-refractivity contribution >= 4 is 40.7 Å².